The Morgan fingerprint density at radius 3 is 2.39 bits per heavy atom. The molecule has 1 saturated heterocycles. The highest BCUT2D eigenvalue weighted by Crippen LogP contribution is 2.25. The van der Waals surface area contributed by atoms with Crippen LogP contribution in [0.3, 0.4) is 0 Å². The van der Waals surface area contributed by atoms with Crippen LogP contribution in [0, 0.1) is 5.92 Å². The van der Waals surface area contributed by atoms with Gasteiger partial charge in [-0.05, 0) is 61.2 Å². The van der Waals surface area contributed by atoms with E-state index in [-0.39, 0.29) is 18.4 Å². The Kier molecular flexibility index (Phi) is 6.81. The molecule has 0 bridgehead atoms. The van der Waals surface area contributed by atoms with Crippen molar-refractivity contribution in [1.82, 2.24) is 4.90 Å². The van der Waals surface area contributed by atoms with Crippen molar-refractivity contribution < 1.29 is 9.59 Å². The smallest absolute Gasteiger partial charge is 0.253 e. The molecule has 3 rings (SSSR count). The Morgan fingerprint density at radius 1 is 1.07 bits per heavy atom. The van der Waals surface area contributed by atoms with E-state index in [1.54, 1.807) is 42.5 Å². The number of halogens is 2. The highest BCUT2D eigenvalue weighted by molar-refractivity contribution is 6.36. The number of hydrogen-bond donors (Lipinski definition) is 2. The molecular weight excluding hydrogens is 397 g/mol. The van der Waals surface area contributed by atoms with Crippen molar-refractivity contribution >= 4 is 46.4 Å². The molecule has 5 nitrogen and oxygen atoms in total. The van der Waals surface area contributed by atoms with Crippen LogP contribution in [0.5, 0.6) is 0 Å². The van der Waals surface area contributed by atoms with E-state index in [0.717, 1.165) is 25.9 Å². The lowest BCUT2D eigenvalue weighted by molar-refractivity contribution is -0.114. The van der Waals surface area contributed by atoms with E-state index in [4.69, 9.17) is 23.2 Å². The van der Waals surface area contributed by atoms with Crippen molar-refractivity contribution in [2.45, 2.75) is 19.8 Å². The molecule has 1 fully saturated rings. The minimum absolute atomic E-state index is 0.0452. The zero-order chi connectivity index (χ0) is 20.1. The summed E-state index contributed by atoms with van der Waals surface area (Å²) in [5.74, 6) is 0.511. The van der Waals surface area contributed by atoms with Crippen LogP contribution in [0.4, 0.5) is 11.4 Å². The fraction of sp³-hybridized carbons (Fsp3) is 0.333. The van der Waals surface area contributed by atoms with Crippen LogP contribution in [-0.4, -0.2) is 36.3 Å². The monoisotopic (exact) mass is 419 g/mol. The van der Waals surface area contributed by atoms with Crippen LogP contribution in [0.2, 0.25) is 10.0 Å². The van der Waals surface area contributed by atoms with Gasteiger partial charge >= 0.3 is 0 Å². The number of amides is 2. The predicted molar refractivity (Wildman–Crippen MR) is 114 cm³/mol. The number of carbonyl (C=O) groups is 2. The fourth-order valence-corrected chi connectivity index (χ4v) is 3.58. The molecule has 0 aliphatic carbocycles. The first-order chi connectivity index (χ1) is 13.4. The van der Waals surface area contributed by atoms with E-state index in [1.807, 2.05) is 4.90 Å². The lowest BCUT2D eigenvalue weighted by Gasteiger charge is -2.30. The molecule has 148 valence electrons. The van der Waals surface area contributed by atoms with Crippen molar-refractivity contribution in [2.75, 3.05) is 30.3 Å². The van der Waals surface area contributed by atoms with Gasteiger partial charge in [0.15, 0.2) is 0 Å². The minimum atomic E-state index is -0.213. The van der Waals surface area contributed by atoms with Crippen LogP contribution in [0.25, 0.3) is 0 Å². The van der Waals surface area contributed by atoms with E-state index in [9.17, 15) is 9.59 Å². The Balaban J connectivity index is 1.52. The average Bonchev–Trinajstić information content (AvgIpc) is 2.68. The molecular formula is C21H23Cl2N3O2. The molecule has 28 heavy (non-hydrogen) atoms. The van der Waals surface area contributed by atoms with Crippen molar-refractivity contribution in [3.8, 4) is 0 Å². The number of carbonyl (C=O) groups excluding carboxylic acids is 2. The molecule has 2 amide bonds. The first kappa shape index (κ1) is 20.5. The number of piperidine rings is 1. The molecule has 1 aliphatic rings. The summed E-state index contributed by atoms with van der Waals surface area (Å²) in [7, 11) is 0. The van der Waals surface area contributed by atoms with Gasteiger partial charge in [-0.2, -0.15) is 0 Å². The lowest BCUT2D eigenvalue weighted by Crippen LogP contribution is -2.37. The van der Waals surface area contributed by atoms with E-state index < -0.39 is 0 Å². The van der Waals surface area contributed by atoms with E-state index in [2.05, 4.69) is 17.6 Å². The normalized spacial score (nSPS) is 14.6. The van der Waals surface area contributed by atoms with Gasteiger partial charge in [0.25, 0.3) is 5.91 Å². The molecule has 0 atom stereocenters. The predicted octanol–water partition coefficient (Wildman–Crippen LogP) is 4.92. The third-order valence-electron chi connectivity index (χ3n) is 4.86. The van der Waals surface area contributed by atoms with Crippen LogP contribution < -0.4 is 10.6 Å². The SMILES string of the molecule is CC1CCN(C(=O)c2ccc(NC(=O)CNc3ccc(Cl)cc3Cl)cc2)CC1. The van der Waals surface area contributed by atoms with Gasteiger partial charge in [0.05, 0.1) is 17.3 Å². The quantitative estimate of drug-likeness (QED) is 0.722. The van der Waals surface area contributed by atoms with Crippen LogP contribution in [0.1, 0.15) is 30.1 Å². The second kappa shape index (κ2) is 9.30. The van der Waals surface area contributed by atoms with Crippen molar-refractivity contribution in [1.29, 1.82) is 0 Å². The summed E-state index contributed by atoms with van der Waals surface area (Å²) in [6.45, 7) is 3.89. The summed E-state index contributed by atoms with van der Waals surface area (Å²) in [6, 6.07) is 12.0. The van der Waals surface area contributed by atoms with Gasteiger partial charge in [-0.15, -0.1) is 0 Å². The third kappa shape index (κ3) is 5.40. The molecule has 1 heterocycles. The largest absolute Gasteiger partial charge is 0.375 e. The van der Waals surface area contributed by atoms with Crippen molar-refractivity contribution in [2.24, 2.45) is 5.92 Å². The number of nitrogens with zero attached hydrogens (tertiary/aromatic N) is 1. The molecule has 7 heteroatoms. The summed E-state index contributed by atoms with van der Waals surface area (Å²) in [5.41, 5.74) is 1.91. The van der Waals surface area contributed by atoms with Gasteiger partial charge < -0.3 is 15.5 Å². The molecule has 2 N–H and O–H groups in total. The second-order valence-electron chi connectivity index (χ2n) is 7.08. The number of rotatable bonds is 5. The summed E-state index contributed by atoms with van der Waals surface area (Å²) in [6.07, 6.45) is 2.09. The summed E-state index contributed by atoms with van der Waals surface area (Å²) < 4.78 is 0. The number of hydrogen-bond acceptors (Lipinski definition) is 3. The molecule has 0 saturated carbocycles. The molecule has 2 aromatic rings. The number of anilines is 2. The Bertz CT molecular complexity index is 847. The summed E-state index contributed by atoms with van der Waals surface area (Å²) in [5, 5.41) is 6.76. The minimum Gasteiger partial charge on any atom is -0.375 e. The van der Waals surface area contributed by atoms with Gasteiger partial charge in [0.2, 0.25) is 5.91 Å². The van der Waals surface area contributed by atoms with Crippen molar-refractivity contribution in [3.63, 3.8) is 0 Å². The van der Waals surface area contributed by atoms with Gasteiger partial charge in [0.1, 0.15) is 0 Å². The maximum Gasteiger partial charge on any atom is 0.253 e. The molecule has 2 aromatic carbocycles. The number of nitrogens with one attached hydrogen (secondary N) is 2. The van der Waals surface area contributed by atoms with Gasteiger partial charge in [-0.1, -0.05) is 30.1 Å². The fourth-order valence-electron chi connectivity index (χ4n) is 3.10. The molecule has 0 aromatic heterocycles. The van der Waals surface area contributed by atoms with Crippen LogP contribution in [-0.2, 0) is 4.79 Å². The summed E-state index contributed by atoms with van der Waals surface area (Å²) >= 11 is 11.9. The maximum atomic E-state index is 12.6. The average molecular weight is 420 g/mol. The maximum absolute atomic E-state index is 12.6. The Labute approximate surface area is 175 Å². The highest BCUT2D eigenvalue weighted by Gasteiger charge is 2.21. The second-order valence-corrected chi connectivity index (χ2v) is 7.92. The summed E-state index contributed by atoms with van der Waals surface area (Å²) in [4.78, 5) is 26.6. The molecule has 0 unspecified atom stereocenters. The highest BCUT2D eigenvalue weighted by atomic mass is 35.5. The number of benzene rings is 2. The van der Waals surface area contributed by atoms with Gasteiger partial charge in [-0.25, -0.2) is 0 Å². The van der Waals surface area contributed by atoms with Gasteiger partial charge in [-0.3, -0.25) is 9.59 Å². The molecule has 0 radical (unpaired) electrons. The molecule has 1 aliphatic heterocycles. The molecule has 0 spiro atoms. The topological polar surface area (TPSA) is 61.4 Å². The van der Waals surface area contributed by atoms with Crippen LogP contribution >= 0.6 is 23.2 Å². The Morgan fingerprint density at radius 2 is 1.75 bits per heavy atom. The zero-order valence-electron chi connectivity index (χ0n) is 15.7. The zero-order valence-corrected chi connectivity index (χ0v) is 17.2. The number of likely N-dealkylation sites (tertiary alicyclic amines) is 1. The van der Waals surface area contributed by atoms with Crippen molar-refractivity contribution in [3.05, 3.63) is 58.1 Å². The Hall–Kier alpha value is -2.24. The van der Waals surface area contributed by atoms with Crippen LogP contribution in [0.15, 0.2) is 42.5 Å². The van der Waals surface area contributed by atoms with E-state index >= 15 is 0 Å². The standard InChI is InChI=1S/C21H23Cl2N3O2/c1-14-8-10-26(11-9-14)21(28)15-2-5-17(6-3-15)25-20(27)13-24-19-7-4-16(22)12-18(19)23/h2-7,12,14,24H,8-11,13H2,1H3,(H,25,27). The third-order valence-corrected chi connectivity index (χ3v) is 5.40. The van der Waals surface area contributed by atoms with E-state index in [0.29, 0.717) is 32.9 Å². The lowest BCUT2D eigenvalue weighted by atomic mass is 9.98. The first-order valence-corrected chi connectivity index (χ1v) is 10.1. The van der Waals surface area contributed by atoms with Gasteiger partial charge in [0, 0.05) is 29.4 Å². The van der Waals surface area contributed by atoms with E-state index in [1.165, 1.54) is 0 Å². The first-order valence-electron chi connectivity index (χ1n) is 9.30.